The quantitative estimate of drug-likeness (QED) is 0.223. The molecule has 0 bridgehead atoms. The van der Waals surface area contributed by atoms with Gasteiger partial charge < -0.3 is 9.02 Å². The fraction of sp³-hybridized carbons (Fsp3) is 0.250. The van der Waals surface area contributed by atoms with Crippen molar-refractivity contribution in [3.63, 3.8) is 0 Å². The Kier molecular flexibility index (Phi) is 25.3. The Balaban J connectivity index is -0.0000000155. The first-order valence-electron chi connectivity index (χ1n) is 2.21. The Morgan fingerprint density at radius 2 is 1.77 bits per heavy atom. The largest absolute Gasteiger partial charge is 2.00 e. The summed E-state index contributed by atoms with van der Waals surface area (Å²) < 4.78 is 35.7. The third-order valence-corrected chi connectivity index (χ3v) is 0.368. The molecule has 2 N–H and O–H groups in total. The fourth-order valence-corrected chi connectivity index (χ4v) is 0.0833. The molecule has 0 spiro atoms. The second kappa shape index (κ2) is 13.7. The van der Waals surface area contributed by atoms with E-state index >= 15 is 0 Å². The van der Waals surface area contributed by atoms with Crippen LogP contribution in [0, 0.1) is 0 Å². The third-order valence-electron chi connectivity index (χ3n) is 0.368. The summed E-state index contributed by atoms with van der Waals surface area (Å²) in [5.74, 6) is -0.394. The van der Waals surface area contributed by atoms with E-state index < -0.39 is 16.4 Å². The van der Waals surface area contributed by atoms with Crippen molar-refractivity contribution in [2.75, 3.05) is 7.11 Å². The minimum Gasteiger partial charge on any atom is -1.00 e. The number of hydrogen-bond acceptors (Lipinski definition) is 4. The zero-order valence-corrected chi connectivity index (χ0v) is 14.7. The Hall–Kier alpha value is 1.65. The van der Waals surface area contributed by atoms with Gasteiger partial charge in [-0.3, -0.25) is 9.11 Å². The van der Waals surface area contributed by atoms with Gasteiger partial charge in [-0.25, -0.2) is 4.79 Å². The number of esters is 1. The van der Waals surface area contributed by atoms with E-state index in [4.69, 9.17) is 17.5 Å². The van der Waals surface area contributed by atoms with Gasteiger partial charge in [-0.15, -0.1) is 0 Å². The maximum Gasteiger partial charge on any atom is 2.00 e. The molecule has 0 aliphatic heterocycles. The van der Waals surface area contributed by atoms with Crippen molar-refractivity contribution in [2.24, 2.45) is 0 Å². The van der Waals surface area contributed by atoms with Crippen molar-refractivity contribution >= 4 is 65.2 Å². The molecule has 0 atom stereocenters. The average Bonchev–Trinajstić information content (AvgIpc) is 1.83. The Labute approximate surface area is 144 Å². The van der Waals surface area contributed by atoms with Crippen LogP contribution in [0.4, 0.5) is 0 Å². The van der Waals surface area contributed by atoms with Crippen molar-refractivity contribution in [3.05, 3.63) is 12.7 Å². The van der Waals surface area contributed by atoms with E-state index in [1.54, 1.807) is 0 Å². The van der Waals surface area contributed by atoms with Gasteiger partial charge in [-0.2, -0.15) is 8.42 Å². The summed E-state index contributed by atoms with van der Waals surface area (Å²) in [5.41, 5.74) is 0. The van der Waals surface area contributed by atoms with E-state index in [9.17, 15) is 4.79 Å². The van der Waals surface area contributed by atoms with Crippen LogP contribution in [0.25, 0.3) is 0 Å². The summed E-state index contributed by atoms with van der Waals surface area (Å²) in [6.07, 6.45) is 1.11. The minimum absolute atomic E-state index is 0. The second-order valence-corrected chi connectivity index (χ2v) is 2.07. The summed E-state index contributed by atoms with van der Waals surface area (Å²) in [6, 6.07) is 0. The van der Waals surface area contributed by atoms with Crippen molar-refractivity contribution in [1.82, 2.24) is 0 Å². The summed E-state index contributed by atoms with van der Waals surface area (Å²) in [7, 11) is -3.36. The van der Waals surface area contributed by atoms with Gasteiger partial charge in [0.1, 0.15) is 0 Å². The molecule has 6 nitrogen and oxygen atoms in total. The van der Waals surface area contributed by atoms with Crippen molar-refractivity contribution < 1.29 is 60.9 Å². The summed E-state index contributed by atoms with van der Waals surface area (Å²) >= 11 is 0. The first-order valence-corrected chi connectivity index (χ1v) is 3.61. The Morgan fingerprint density at radius 1 is 1.54 bits per heavy atom. The van der Waals surface area contributed by atoms with Crippen LogP contribution in [-0.4, -0.2) is 79.5 Å². The molecule has 0 saturated carbocycles. The number of carbonyl (C=O) groups excluding carboxylic acids is 1. The number of ether oxygens (including phenoxy) is 1. The van der Waals surface area contributed by atoms with Gasteiger partial charge in [0.25, 0.3) is 0 Å². The summed E-state index contributed by atoms with van der Waals surface area (Å²) in [4.78, 5) is 9.84. The molecule has 0 rings (SSSR count). The molecule has 9 heteroatoms. The van der Waals surface area contributed by atoms with E-state index in [-0.39, 0.29) is 82.7 Å². The normalized spacial score (nSPS) is 7.62. The van der Waals surface area contributed by atoms with Gasteiger partial charge in [0.15, 0.2) is 0 Å². The molecule has 72 valence electrons. The summed E-state index contributed by atoms with van der Waals surface area (Å²) in [6.45, 7) is 3.16. The van der Waals surface area contributed by atoms with Crippen molar-refractivity contribution in [1.29, 1.82) is 0 Å². The van der Waals surface area contributed by atoms with Gasteiger partial charge in [0, 0.05) is 6.08 Å². The Morgan fingerprint density at radius 3 is 1.77 bits per heavy atom. The average molecular weight is 348 g/mol. The topological polar surface area (TPSA) is 101 Å². The van der Waals surface area contributed by atoms with Crippen LogP contribution in [0.1, 0.15) is 4.28 Å². The molecule has 0 fully saturated rings. The van der Waals surface area contributed by atoms with E-state index in [2.05, 4.69) is 11.3 Å². The smallest absolute Gasteiger partial charge is 1.00 e. The molecule has 13 heavy (non-hydrogen) atoms. The minimum atomic E-state index is -4.67. The van der Waals surface area contributed by atoms with E-state index in [1.807, 2.05) is 0 Å². The van der Waals surface area contributed by atoms with Crippen LogP contribution < -0.4 is 29.6 Å². The third kappa shape index (κ3) is 58.0. The fourth-order valence-electron chi connectivity index (χ4n) is 0.0833. The van der Waals surface area contributed by atoms with Crippen molar-refractivity contribution in [2.45, 2.75) is 0 Å². The number of carbonyl (C=O) groups is 1. The van der Waals surface area contributed by atoms with E-state index in [0.29, 0.717) is 0 Å². The van der Waals surface area contributed by atoms with E-state index in [0.717, 1.165) is 6.08 Å². The molecule has 0 aliphatic carbocycles. The van der Waals surface area contributed by atoms with Crippen LogP contribution in [0.2, 0.25) is 0 Å². The number of hydrogen-bond donors (Lipinski definition) is 2. The maximum atomic E-state index is 9.84. The predicted molar refractivity (Wildman–Crippen MR) is 45.5 cm³/mol. The van der Waals surface area contributed by atoms with Crippen molar-refractivity contribution in [3.8, 4) is 0 Å². The molecular weight excluding hydrogens is 336 g/mol. The standard InChI is InChI=1S/C4H6O2.Ba.Na.H2O4S.3H/c1-3-4(5)6-2;;;1-5(2,3)4;;;/h3H,1H2,2H3;;;(H2,1,2,3,4);;;/q;+2;+1;;3*-1. The molecule has 0 heterocycles. The van der Waals surface area contributed by atoms with Crippen LogP contribution in [0.3, 0.4) is 0 Å². The molecule has 0 unspecified atom stereocenters. The van der Waals surface area contributed by atoms with Gasteiger partial charge >= 0.3 is 94.8 Å². The second-order valence-electron chi connectivity index (χ2n) is 1.18. The zero-order chi connectivity index (χ0) is 9.49. The molecule has 0 saturated heterocycles. The van der Waals surface area contributed by atoms with Crippen LogP contribution >= 0.6 is 0 Å². The molecule has 0 radical (unpaired) electrons. The molecule has 0 amide bonds. The molecule has 0 aromatic carbocycles. The maximum absolute atomic E-state index is 9.84. The van der Waals surface area contributed by atoms with Crippen LogP contribution in [-0.2, 0) is 19.9 Å². The number of methoxy groups -OCH3 is 1. The first kappa shape index (κ1) is 24.1. The van der Waals surface area contributed by atoms with Gasteiger partial charge in [-0.05, 0) is 0 Å². The van der Waals surface area contributed by atoms with Gasteiger partial charge in [0.05, 0.1) is 7.11 Å². The molecular formula is C4H11BaNaO6S. The summed E-state index contributed by atoms with van der Waals surface area (Å²) in [5, 5.41) is 0. The first-order chi connectivity index (χ1) is 4.81. The van der Waals surface area contributed by atoms with Crippen LogP contribution in [0.15, 0.2) is 12.7 Å². The van der Waals surface area contributed by atoms with E-state index in [1.165, 1.54) is 7.11 Å². The molecule has 0 aromatic heterocycles. The Bertz CT molecular complexity index is 228. The monoisotopic (exact) mass is 348 g/mol. The number of rotatable bonds is 1. The molecule has 0 aromatic rings. The predicted octanol–water partition coefficient (Wildman–Crippen LogP) is -3.35. The van der Waals surface area contributed by atoms with Gasteiger partial charge in [0.2, 0.25) is 0 Å². The molecule has 0 aliphatic rings. The SMILES string of the molecule is C=CC(=O)OC.O=S(=O)(O)O.[Ba+2].[H-].[H-].[H-].[Na+]. The van der Waals surface area contributed by atoms with Crippen LogP contribution in [0.5, 0.6) is 0 Å². The zero-order valence-electron chi connectivity index (χ0n) is 10.4. The van der Waals surface area contributed by atoms with Gasteiger partial charge in [-0.1, -0.05) is 6.58 Å².